The highest BCUT2D eigenvalue weighted by Gasteiger charge is 2.30. The highest BCUT2D eigenvalue weighted by Crippen LogP contribution is 2.30. The molecule has 4 rings (SSSR count). The summed E-state index contributed by atoms with van der Waals surface area (Å²) in [6, 6.07) is 16.8. The third kappa shape index (κ3) is 6.09. The van der Waals surface area contributed by atoms with E-state index in [9.17, 15) is 14.4 Å². The quantitative estimate of drug-likeness (QED) is 0.667. The summed E-state index contributed by atoms with van der Waals surface area (Å²) in [6.07, 6.45) is 3.21. The van der Waals surface area contributed by atoms with Crippen LogP contribution in [-0.2, 0) is 20.9 Å². The summed E-state index contributed by atoms with van der Waals surface area (Å²) in [5.41, 5.74) is 1.70. The number of hydrogen-bond donors (Lipinski definition) is 2. The fourth-order valence-electron chi connectivity index (χ4n) is 3.83. The summed E-state index contributed by atoms with van der Waals surface area (Å²) in [7, 11) is 0. The average Bonchev–Trinajstić information content (AvgIpc) is 3.68. The first-order valence-electron chi connectivity index (χ1n) is 11.2. The van der Waals surface area contributed by atoms with Crippen LogP contribution in [0.4, 0.5) is 5.69 Å². The highest BCUT2D eigenvalue weighted by atomic mass is 16.5. The van der Waals surface area contributed by atoms with Gasteiger partial charge in [-0.05, 0) is 55.5 Å². The lowest BCUT2D eigenvalue weighted by atomic mass is 9.95. The van der Waals surface area contributed by atoms with Crippen LogP contribution in [0.15, 0.2) is 54.6 Å². The van der Waals surface area contributed by atoms with Gasteiger partial charge in [-0.2, -0.15) is 0 Å². The minimum absolute atomic E-state index is 0.00468. The largest absolute Gasteiger partial charge is 0.484 e. The van der Waals surface area contributed by atoms with Crippen LogP contribution in [-0.4, -0.2) is 42.3 Å². The van der Waals surface area contributed by atoms with Crippen molar-refractivity contribution in [3.05, 3.63) is 60.2 Å². The number of carbonyl (C=O) groups is 3. The van der Waals surface area contributed by atoms with Crippen LogP contribution in [0.1, 0.15) is 31.2 Å². The lowest BCUT2D eigenvalue weighted by Gasteiger charge is -2.31. The molecule has 2 aromatic rings. The summed E-state index contributed by atoms with van der Waals surface area (Å²) in [4.78, 5) is 38.7. The van der Waals surface area contributed by atoms with Crippen molar-refractivity contribution in [2.24, 2.45) is 11.8 Å². The van der Waals surface area contributed by atoms with Crippen LogP contribution in [0.5, 0.6) is 5.75 Å². The summed E-state index contributed by atoms with van der Waals surface area (Å²) in [5, 5.41) is 5.93. The number of nitrogens with one attached hydrogen (secondary N) is 2. The van der Waals surface area contributed by atoms with Crippen molar-refractivity contribution in [1.29, 1.82) is 0 Å². The van der Waals surface area contributed by atoms with Gasteiger partial charge in [0.2, 0.25) is 11.8 Å². The van der Waals surface area contributed by atoms with Crippen LogP contribution in [0.25, 0.3) is 0 Å². The van der Waals surface area contributed by atoms with E-state index in [-0.39, 0.29) is 36.2 Å². The Morgan fingerprint density at radius 2 is 1.59 bits per heavy atom. The Morgan fingerprint density at radius 1 is 0.875 bits per heavy atom. The number of anilines is 1. The van der Waals surface area contributed by atoms with E-state index in [1.54, 1.807) is 4.90 Å². The van der Waals surface area contributed by atoms with Crippen molar-refractivity contribution in [3.63, 3.8) is 0 Å². The normalized spacial score (nSPS) is 16.3. The Balaban J connectivity index is 1.18. The monoisotopic (exact) mass is 435 g/mol. The number of nitrogens with zero attached hydrogens (tertiary/aromatic N) is 1. The van der Waals surface area contributed by atoms with Crippen molar-refractivity contribution < 1.29 is 19.1 Å². The molecule has 1 aliphatic carbocycles. The molecule has 0 aromatic heterocycles. The van der Waals surface area contributed by atoms with Gasteiger partial charge in [-0.15, -0.1) is 0 Å². The number of likely N-dealkylation sites (tertiary alicyclic amines) is 1. The van der Waals surface area contributed by atoms with E-state index in [4.69, 9.17) is 4.74 Å². The second kappa shape index (κ2) is 10.3. The fraction of sp³-hybridized carbons (Fsp3) is 0.400. The third-order valence-electron chi connectivity index (χ3n) is 5.93. The standard InChI is InChI=1S/C25H29N3O4/c29-23(17-32-22-7-2-1-3-8-22)28-13-11-20(12-14-28)24(30)26-16-18-5-4-6-21(15-18)27-25(31)19-9-10-19/h1-8,15,19-20H,9-14,16-17H2,(H,26,30)(H,27,31). The van der Waals surface area contributed by atoms with E-state index >= 15 is 0 Å². The Bertz CT molecular complexity index is 951. The first-order valence-corrected chi connectivity index (χ1v) is 11.2. The molecule has 1 aliphatic heterocycles. The van der Waals surface area contributed by atoms with Gasteiger partial charge < -0.3 is 20.3 Å². The van der Waals surface area contributed by atoms with Crippen molar-refractivity contribution in [2.45, 2.75) is 32.2 Å². The SMILES string of the molecule is O=C(NCc1cccc(NC(=O)C2CC2)c1)C1CCN(C(=O)COc2ccccc2)CC1. The zero-order chi connectivity index (χ0) is 22.3. The van der Waals surface area contributed by atoms with Gasteiger partial charge >= 0.3 is 0 Å². The van der Waals surface area contributed by atoms with Crippen molar-refractivity contribution in [1.82, 2.24) is 10.2 Å². The molecule has 32 heavy (non-hydrogen) atoms. The molecule has 1 saturated carbocycles. The van der Waals surface area contributed by atoms with Gasteiger partial charge in [0, 0.05) is 37.2 Å². The van der Waals surface area contributed by atoms with E-state index < -0.39 is 0 Å². The maximum Gasteiger partial charge on any atom is 0.260 e. The molecule has 7 nitrogen and oxygen atoms in total. The summed E-state index contributed by atoms with van der Waals surface area (Å²) >= 11 is 0. The minimum Gasteiger partial charge on any atom is -0.484 e. The van der Waals surface area contributed by atoms with E-state index in [0.717, 1.165) is 24.1 Å². The molecule has 1 saturated heterocycles. The first kappa shape index (κ1) is 21.9. The van der Waals surface area contributed by atoms with Gasteiger partial charge in [0.1, 0.15) is 5.75 Å². The molecule has 0 radical (unpaired) electrons. The zero-order valence-electron chi connectivity index (χ0n) is 18.1. The fourth-order valence-corrected chi connectivity index (χ4v) is 3.83. The minimum atomic E-state index is -0.105. The second-order valence-corrected chi connectivity index (χ2v) is 8.44. The average molecular weight is 436 g/mol. The van der Waals surface area contributed by atoms with Gasteiger partial charge in [-0.3, -0.25) is 14.4 Å². The highest BCUT2D eigenvalue weighted by molar-refractivity contribution is 5.94. The molecule has 0 spiro atoms. The number of hydrogen-bond acceptors (Lipinski definition) is 4. The summed E-state index contributed by atoms with van der Waals surface area (Å²) < 4.78 is 5.54. The van der Waals surface area contributed by atoms with Gasteiger partial charge in [-0.25, -0.2) is 0 Å². The Kier molecular flexibility index (Phi) is 7.04. The topological polar surface area (TPSA) is 87.7 Å². The molecule has 0 atom stereocenters. The molecular formula is C25H29N3O4. The van der Waals surface area contributed by atoms with Crippen molar-refractivity contribution in [3.8, 4) is 5.75 Å². The smallest absolute Gasteiger partial charge is 0.260 e. The first-order chi connectivity index (χ1) is 15.6. The van der Waals surface area contributed by atoms with E-state index in [1.807, 2.05) is 54.6 Å². The predicted molar refractivity (Wildman–Crippen MR) is 121 cm³/mol. The van der Waals surface area contributed by atoms with Crippen molar-refractivity contribution >= 4 is 23.4 Å². The second-order valence-electron chi connectivity index (χ2n) is 8.44. The molecule has 2 aliphatic rings. The third-order valence-corrected chi connectivity index (χ3v) is 5.93. The lowest BCUT2D eigenvalue weighted by Crippen LogP contribution is -2.44. The van der Waals surface area contributed by atoms with Gasteiger partial charge in [0.25, 0.3) is 5.91 Å². The number of ether oxygens (including phenoxy) is 1. The van der Waals surface area contributed by atoms with Crippen LogP contribution >= 0.6 is 0 Å². The summed E-state index contributed by atoms with van der Waals surface area (Å²) in [6.45, 7) is 1.53. The molecule has 7 heteroatoms. The molecule has 1 heterocycles. The lowest BCUT2D eigenvalue weighted by molar-refractivity contribution is -0.137. The molecule has 2 fully saturated rings. The Labute approximate surface area is 188 Å². The predicted octanol–water partition coefficient (Wildman–Crippen LogP) is 2.97. The number of benzene rings is 2. The van der Waals surface area contributed by atoms with E-state index in [0.29, 0.717) is 38.2 Å². The maximum absolute atomic E-state index is 12.6. The molecule has 2 N–H and O–H groups in total. The van der Waals surface area contributed by atoms with Crippen LogP contribution in [0.3, 0.4) is 0 Å². The molecular weight excluding hydrogens is 406 g/mol. The van der Waals surface area contributed by atoms with E-state index in [1.165, 1.54) is 0 Å². The van der Waals surface area contributed by atoms with E-state index in [2.05, 4.69) is 10.6 Å². The number of carbonyl (C=O) groups excluding carboxylic acids is 3. The molecule has 3 amide bonds. The van der Waals surface area contributed by atoms with Gasteiger partial charge in [-0.1, -0.05) is 30.3 Å². The van der Waals surface area contributed by atoms with Gasteiger partial charge in [0.15, 0.2) is 6.61 Å². The Hall–Kier alpha value is -3.35. The Morgan fingerprint density at radius 3 is 2.31 bits per heavy atom. The summed E-state index contributed by atoms with van der Waals surface area (Å²) in [5.74, 6) is 0.739. The maximum atomic E-state index is 12.6. The number of piperidine rings is 1. The van der Waals surface area contributed by atoms with Crippen LogP contribution in [0.2, 0.25) is 0 Å². The molecule has 168 valence electrons. The number of para-hydroxylation sites is 1. The number of amides is 3. The van der Waals surface area contributed by atoms with Gasteiger partial charge in [0.05, 0.1) is 0 Å². The molecule has 0 unspecified atom stereocenters. The molecule has 0 bridgehead atoms. The zero-order valence-corrected chi connectivity index (χ0v) is 18.1. The van der Waals surface area contributed by atoms with Crippen LogP contribution < -0.4 is 15.4 Å². The molecule has 2 aromatic carbocycles. The number of rotatable bonds is 8. The van der Waals surface area contributed by atoms with Crippen molar-refractivity contribution in [2.75, 3.05) is 25.0 Å². The van der Waals surface area contributed by atoms with Crippen LogP contribution in [0, 0.1) is 11.8 Å².